The van der Waals surface area contributed by atoms with Gasteiger partial charge in [-0.15, -0.1) is 0 Å². The first-order chi connectivity index (χ1) is 8.53. The Labute approximate surface area is 117 Å². The van der Waals surface area contributed by atoms with Gasteiger partial charge in [-0.25, -0.2) is 4.39 Å². The van der Waals surface area contributed by atoms with E-state index in [1.807, 2.05) is 0 Å². The highest BCUT2D eigenvalue weighted by Crippen LogP contribution is 2.35. The van der Waals surface area contributed by atoms with Crippen molar-refractivity contribution >= 4 is 27.5 Å². The number of Topliss-reactive ketones (excluding diaryl/α,β-unsaturated/α-hetero) is 2. The number of alkyl halides is 1. The average molecular weight is 334 g/mol. The van der Waals surface area contributed by atoms with Crippen LogP contribution in [-0.4, -0.2) is 28.2 Å². The lowest BCUT2D eigenvalue weighted by Crippen LogP contribution is -2.45. The molecule has 5 nitrogen and oxygen atoms in total. The molecule has 1 aliphatic carbocycles. The van der Waals surface area contributed by atoms with E-state index >= 15 is 0 Å². The normalized spacial score (nSPS) is 19.1. The number of allylic oxidation sites excluding steroid dienone is 3. The van der Waals surface area contributed by atoms with Crippen LogP contribution in [0.4, 0.5) is 4.39 Å². The Morgan fingerprint density at radius 2 is 1.63 bits per heavy atom. The molecule has 0 amide bonds. The van der Waals surface area contributed by atoms with Crippen LogP contribution in [0.2, 0.25) is 0 Å². The maximum Gasteiger partial charge on any atom is 0.251 e. The third-order valence-corrected chi connectivity index (χ3v) is 4.06. The average Bonchev–Trinajstić information content (AvgIpc) is 2.33. The highest BCUT2D eigenvalue weighted by atomic mass is 79.9. The molecule has 1 unspecified atom stereocenters. The standard InChI is InChI=1S/C12H13BrFNO4/c1-5-6(2)10(17)8(13)7(9(5)16)11(14)12(3,4)15(18)19/h11H,1-4H3. The molecule has 0 aromatic heterocycles. The molecule has 0 saturated heterocycles. The minimum absolute atomic E-state index is 0.116. The zero-order chi connectivity index (χ0) is 15.1. The van der Waals surface area contributed by atoms with E-state index in [1.165, 1.54) is 13.8 Å². The molecule has 0 heterocycles. The molecule has 0 bridgehead atoms. The molecule has 1 rings (SSSR count). The summed E-state index contributed by atoms with van der Waals surface area (Å²) in [6.07, 6.45) is -2.17. The number of halogens is 2. The van der Waals surface area contributed by atoms with E-state index in [2.05, 4.69) is 15.9 Å². The van der Waals surface area contributed by atoms with E-state index < -0.39 is 33.8 Å². The van der Waals surface area contributed by atoms with Gasteiger partial charge in [-0.2, -0.15) is 0 Å². The summed E-state index contributed by atoms with van der Waals surface area (Å²) in [6.45, 7) is 5.01. The number of ketones is 2. The van der Waals surface area contributed by atoms with Crippen LogP contribution in [-0.2, 0) is 9.59 Å². The largest absolute Gasteiger partial charge is 0.289 e. The van der Waals surface area contributed by atoms with E-state index in [1.54, 1.807) is 0 Å². The molecule has 0 aromatic rings. The van der Waals surface area contributed by atoms with Crippen LogP contribution in [0.3, 0.4) is 0 Å². The lowest BCUT2D eigenvalue weighted by molar-refractivity contribution is -0.567. The summed E-state index contributed by atoms with van der Waals surface area (Å²) in [7, 11) is 0. The van der Waals surface area contributed by atoms with Gasteiger partial charge >= 0.3 is 0 Å². The van der Waals surface area contributed by atoms with Gasteiger partial charge in [0.2, 0.25) is 0 Å². The van der Waals surface area contributed by atoms with Gasteiger partial charge in [0.05, 0.1) is 10.1 Å². The molecule has 0 aromatic carbocycles. The summed E-state index contributed by atoms with van der Waals surface area (Å²) in [5.41, 5.74) is -2.14. The van der Waals surface area contributed by atoms with Crippen molar-refractivity contribution < 1.29 is 18.9 Å². The van der Waals surface area contributed by atoms with Gasteiger partial charge < -0.3 is 0 Å². The molecular formula is C12H13BrFNO4. The van der Waals surface area contributed by atoms with Gasteiger partial charge in [0.25, 0.3) is 5.54 Å². The zero-order valence-corrected chi connectivity index (χ0v) is 12.5. The molecule has 0 saturated carbocycles. The number of hydrogen-bond acceptors (Lipinski definition) is 4. The number of nitro groups is 1. The summed E-state index contributed by atoms with van der Waals surface area (Å²) in [5.74, 6) is -1.19. The summed E-state index contributed by atoms with van der Waals surface area (Å²) < 4.78 is 14.1. The van der Waals surface area contributed by atoms with E-state index in [0.717, 1.165) is 13.8 Å². The van der Waals surface area contributed by atoms with Crippen molar-refractivity contribution in [3.05, 3.63) is 31.3 Å². The van der Waals surface area contributed by atoms with E-state index in [-0.39, 0.29) is 15.6 Å². The van der Waals surface area contributed by atoms with Crippen LogP contribution < -0.4 is 0 Å². The molecule has 0 aliphatic heterocycles. The number of carbonyl (C=O) groups is 2. The number of carbonyl (C=O) groups excluding carboxylic acids is 2. The predicted octanol–water partition coefficient (Wildman–Crippen LogP) is 2.52. The molecule has 1 atom stereocenters. The Morgan fingerprint density at radius 1 is 1.21 bits per heavy atom. The first kappa shape index (κ1) is 15.7. The highest BCUT2D eigenvalue weighted by Gasteiger charge is 2.48. The smallest absolute Gasteiger partial charge is 0.251 e. The lowest BCUT2D eigenvalue weighted by atomic mass is 9.83. The van der Waals surface area contributed by atoms with Crippen LogP contribution in [0.5, 0.6) is 0 Å². The Kier molecular flexibility index (Phi) is 4.09. The van der Waals surface area contributed by atoms with Crippen LogP contribution in [0.25, 0.3) is 0 Å². The van der Waals surface area contributed by atoms with Crippen molar-refractivity contribution in [1.29, 1.82) is 0 Å². The molecule has 1 aliphatic rings. The van der Waals surface area contributed by atoms with Crippen LogP contribution in [0, 0.1) is 10.1 Å². The number of nitrogens with zero attached hydrogens (tertiary/aromatic N) is 1. The van der Waals surface area contributed by atoms with E-state index in [4.69, 9.17) is 0 Å². The minimum atomic E-state index is -2.17. The van der Waals surface area contributed by atoms with Gasteiger partial charge in [-0.1, -0.05) is 0 Å². The fourth-order valence-electron chi connectivity index (χ4n) is 1.60. The van der Waals surface area contributed by atoms with Crippen LogP contribution in [0.1, 0.15) is 27.7 Å². The van der Waals surface area contributed by atoms with Gasteiger partial charge in [-0.05, 0) is 29.8 Å². The van der Waals surface area contributed by atoms with Crippen molar-refractivity contribution in [2.75, 3.05) is 0 Å². The summed E-state index contributed by atoms with van der Waals surface area (Å²) >= 11 is 2.88. The first-order valence-corrected chi connectivity index (χ1v) is 6.27. The minimum Gasteiger partial charge on any atom is -0.289 e. The van der Waals surface area contributed by atoms with Crippen LogP contribution >= 0.6 is 15.9 Å². The van der Waals surface area contributed by atoms with Crippen molar-refractivity contribution in [2.24, 2.45) is 0 Å². The molecule has 0 fully saturated rings. The number of rotatable bonds is 3. The van der Waals surface area contributed by atoms with Crippen molar-refractivity contribution in [1.82, 2.24) is 0 Å². The predicted molar refractivity (Wildman–Crippen MR) is 70.3 cm³/mol. The Bertz CT molecular complexity index is 548. The van der Waals surface area contributed by atoms with E-state index in [9.17, 15) is 24.1 Å². The lowest BCUT2D eigenvalue weighted by Gasteiger charge is -2.25. The van der Waals surface area contributed by atoms with Crippen molar-refractivity contribution in [3.8, 4) is 0 Å². The fourth-order valence-corrected chi connectivity index (χ4v) is 2.28. The molecule has 0 radical (unpaired) electrons. The van der Waals surface area contributed by atoms with Crippen LogP contribution in [0.15, 0.2) is 21.2 Å². The van der Waals surface area contributed by atoms with Gasteiger partial charge in [0.1, 0.15) is 0 Å². The third kappa shape index (κ3) is 2.39. The second kappa shape index (κ2) is 4.96. The summed E-state index contributed by atoms with van der Waals surface area (Å²) in [5, 5.41) is 10.9. The fraction of sp³-hybridized carbons (Fsp3) is 0.500. The Hall–Kier alpha value is -1.37. The number of hydrogen-bond donors (Lipinski definition) is 0. The molecule has 7 heteroatoms. The molecule has 19 heavy (non-hydrogen) atoms. The maximum atomic E-state index is 14.4. The van der Waals surface area contributed by atoms with Gasteiger partial charge in [0.15, 0.2) is 17.7 Å². The molecule has 104 valence electrons. The monoisotopic (exact) mass is 333 g/mol. The molecular weight excluding hydrogens is 321 g/mol. The zero-order valence-electron chi connectivity index (χ0n) is 10.9. The van der Waals surface area contributed by atoms with Crippen molar-refractivity contribution in [2.45, 2.75) is 39.4 Å². The topological polar surface area (TPSA) is 77.3 Å². The second-order valence-electron chi connectivity index (χ2n) is 4.91. The molecule has 0 spiro atoms. The summed E-state index contributed by atoms with van der Waals surface area (Å²) in [4.78, 5) is 33.9. The summed E-state index contributed by atoms with van der Waals surface area (Å²) in [6, 6.07) is 0. The second-order valence-corrected chi connectivity index (χ2v) is 5.70. The SMILES string of the molecule is CC1=C(C)C(=O)C(C(F)C(C)(C)[N+](=O)[O-])=C(Br)C1=O. The Balaban J connectivity index is 3.39. The van der Waals surface area contributed by atoms with E-state index in [0.29, 0.717) is 0 Å². The molecule has 0 N–H and O–H groups in total. The van der Waals surface area contributed by atoms with Gasteiger partial charge in [0, 0.05) is 29.9 Å². The highest BCUT2D eigenvalue weighted by molar-refractivity contribution is 9.12. The van der Waals surface area contributed by atoms with Crippen molar-refractivity contribution in [3.63, 3.8) is 0 Å². The Morgan fingerprint density at radius 3 is 2.05 bits per heavy atom. The first-order valence-electron chi connectivity index (χ1n) is 5.48. The van der Waals surface area contributed by atoms with Gasteiger partial charge in [-0.3, -0.25) is 19.7 Å². The maximum absolute atomic E-state index is 14.4. The quantitative estimate of drug-likeness (QED) is 0.451. The third-order valence-electron chi connectivity index (χ3n) is 3.27.